The average Bonchev–Trinajstić information content (AvgIpc) is 2.51. The number of anilines is 1. The number of hydrogen-bond donors (Lipinski definition) is 2. The van der Waals surface area contributed by atoms with Crippen LogP contribution in [0.15, 0.2) is 30.3 Å². The van der Waals surface area contributed by atoms with Crippen LogP contribution in [-0.2, 0) is 11.0 Å². The normalized spacial score (nSPS) is 18.7. The predicted octanol–water partition coefficient (Wildman–Crippen LogP) is 3.19. The lowest BCUT2D eigenvalue weighted by atomic mass is 9.98. The van der Waals surface area contributed by atoms with Gasteiger partial charge in [-0.05, 0) is 36.6 Å². The fraction of sp³-hybridized carbons (Fsp3) is 0.375. The number of pyridine rings is 1. The van der Waals surface area contributed by atoms with E-state index in [2.05, 4.69) is 15.6 Å². The minimum Gasteiger partial charge on any atom is -0.370 e. The summed E-state index contributed by atoms with van der Waals surface area (Å²) < 4.78 is 38.3. The predicted molar refractivity (Wildman–Crippen MR) is 81.0 cm³/mol. The van der Waals surface area contributed by atoms with Gasteiger partial charge >= 0.3 is 6.18 Å². The molecule has 2 heterocycles. The Morgan fingerprint density at radius 3 is 2.78 bits per heavy atom. The van der Waals surface area contributed by atoms with Crippen molar-refractivity contribution in [1.29, 1.82) is 0 Å². The van der Waals surface area contributed by atoms with E-state index in [4.69, 9.17) is 0 Å². The molecule has 1 saturated heterocycles. The Labute approximate surface area is 131 Å². The summed E-state index contributed by atoms with van der Waals surface area (Å²) in [6.07, 6.45) is -3.04. The molecule has 1 fully saturated rings. The molecule has 1 amide bonds. The molecule has 0 spiro atoms. The molecule has 0 radical (unpaired) electrons. The quantitative estimate of drug-likeness (QED) is 0.912. The van der Waals surface area contributed by atoms with Crippen molar-refractivity contribution >= 4 is 22.6 Å². The van der Waals surface area contributed by atoms with Crippen LogP contribution in [0.5, 0.6) is 0 Å². The molecular weight excluding hydrogens is 307 g/mol. The van der Waals surface area contributed by atoms with Crippen molar-refractivity contribution in [1.82, 2.24) is 10.3 Å². The van der Waals surface area contributed by atoms with Crippen molar-refractivity contribution in [3.05, 3.63) is 35.9 Å². The smallest absolute Gasteiger partial charge is 0.370 e. The van der Waals surface area contributed by atoms with Gasteiger partial charge in [0.2, 0.25) is 5.91 Å². The number of halogens is 3. The second-order valence-corrected chi connectivity index (χ2v) is 5.69. The lowest BCUT2D eigenvalue weighted by Crippen LogP contribution is -2.36. The third-order valence-corrected chi connectivity index (χ3v) is 3.94. The maximum absolute atomic E-state index is 12.8. The van der Waals surface area contributed by atoms with Crippen molar-refractivity contribution < 1.29 is 18.0 Å². The second kappa shape index (κ2) is 6.06. The molecule has 2 N–H and O–H groups in total. The van der Waals surface area contributed by atoms with Crippen LogP contribution in [0, 0.1) is 5.92 Å². The van der Waals surface area contributed by atoms with E-state index in [0.29, 0.717) is 36.2 Å². The summed E-state index contributed by atoms with van der Waals surface area (Å²) in [6.45, 7) is 1.23. The van der Waals surface area contributed by atoms with Gasteiger partial charge in [0.15, 0.2) is 0 Å². The zero-order valence-electron chi connectivity index (χ0n) is 12.3. The van der Waals surface area contributed by atoms with Crippen LogP contribution in [0.3, 0.4) is 0 Å². The SMILES string of the molecule is O=C1CC(CNc2ccc3ccc(C(F)(F)F)cc3n2)CCN1. The van der Waals surface area contributed by atoms with Gasteiger partial charge in [0.05, 0.1) is 11.1 Å². The Morgan fingerprint density at radius 2 is 2.04 bits per heavy atom. The number of carbonyl (C=O) groups excluding carboxylic acids is 1. The van der Waals surface area contributed by atoms with Crippen LogP contribution in [0.25, 0.3) is 10.9 Å². The first kappa shape index (κ1) is 15.6. The molecule has 0 saturated carbocycles. The topological polar surface area (TPSA) is 54.0 Å². The highest BCUT2D eigenvalue weighted by molar-refractivity contribution is 5.81. The van der Waals surface area contributed by atoms with Gasteiger partial charge in [-0.1, -0.05) is 6.07 Å². The highest BCUT2D eigenvalue weighted by Gasteiger charge is 2.30. The lowest BCUT2D eigenvalue weighted by Gasteiger charge is -2.22. The minimum absolute atomic E-state index is 0.0318. The number of hydrogen-bond acceptors (Lipinski definition) is 3. The molecule has 7 heteroatoms. The number of aromatic nitrogens is 1. The van der Waals surface area contributed by atoms with Crippen LogP contribution in [0.4, 0.5) is 19.0 Å². The molecule has 1 aliphatic rings. The zero-order valence-corrected chi connectivity index (χ0v) is 12.3. The van der Waals surface area contributed by atoms with E-state index in [1.54, 1.807) is 12.1 Å². The molecule has 1 unspecified atom stereocenters. The summed E-state index contributed by atoms with van der Waals surface area (Å²) in [5.41, 5.74) is -0.412. The number of alkyl halides is 3. The average molecular weight is 323 g/mol. The van der Waals surface area contributed by atoms with Crippen molar-refractivity contribution in [3.63, 3.8) is 0 Å². The number of rotatable bonds is 3. The highest BCUT2D eigenvalue weighted by Crippen LogP contribution is 2.31. The maximum Gasteiger partial charge on any atom is 0.416 e. The van der Waals surface area contributed by atoms with E-state index in [0.717, 1.165) is 18.6 Å². The van der Waals surface area contributed by atoms with Gasteiger partial charge in [0.25, 0.3) is 0 Å². The van der Waals surface area contributed by atoms with Gasteiger partial charge in [-0.15, -0.1) is 0 Å². The molecule has 0 aliphatic carbocycles. The van der Waals surface area contributed by atoms with Gasteiger partial charge in [-0.2, -0.15) is 13.2 Å². The maximum atomic E-state index is 12.8. The largest absolute Gasteiger partial charge is 0.416 e. The molecule has 0 bridgehead atoms. The van der Waals surface area contributed by atoms with Gasteiger partial charge in [-0.25, -0.2) is 4.98 Å². The first-order valence-corrected chi connectivity index (χ1v) is 7.40. The van der Waals surface area contributed by atoms with Gasteiger partial charge in [0, 0.05) is 24.9 Å². The molecule has 23 heavy (non-hydrogen) atoms. The molecule has 1 atom stereocenters. The van der Waals surface area contributed by atoms with E-state index in [-0.39, 0.29) is 11.8 Å². The van der Waals surface area contributed by atoms with Gasteiger partial charge in [-0.3, -0.25) is 4.79 Å². The minimum atomic E-state index is -4.38. The third-order valence-electron chi connectivity index (χ3n) is 3.94. The Bertz CT molecular complexity index is 730. The van der Waals surface area contributed by atoms with Crippen molar-refractivity contribution in [3.8, 4) is 0 Å². The molecule has 4 nitrogen and oxygen atoms in total. The number of benzene rings is 1. The molecule has 2 aromatic rings. The van der Waals surface area contributed by atoms with Gasteiger partial charge < -0.3 is 10.6 Å². The van der Waals surface area contributed by atoms with Crippen LogP contribution < -0.4 is 10.6 Å². The van der Waals surface area contributed by atoms with E-state index >= 15 is 0 Å². The third kappa shape index (κ3) is 3.72. The Hall–Kier alpha value is -2.31. The molecule has 1 aromatic carbocycles. The highest BCUT2D eigenvalue weighted by atomic mass is 19.4. The van der Waals surface area contributed by atoms with E-state index < -0.39 is 11.7 Å². The van der Waals surface area contributed by atoms with E-state index in [1.807, 2.05) is 0 Å². The second-order valence-electron chi connectivity index (χ2n) is 5.69. The summed E-state index contributed by atoms with van der Waals surface area (Å²) >= 11 is 0. The summed E-state index contributed by atoms with van der Waals surface area (Å²) in [7, 11) is 0. The molecule has 122 valence electrons. The molecule has 1 aliphatic heterocycles. The number of carbonyl (C=O) groups is 1. The first-order valence-electron chi connectivity index (χ1n) is 7.40. The van der Waals surface area contributed by atoms with Crippen LogP contribution in [0.2, 0.25) is 0 Å². The fourth-order valence-corrected chi connectivity index (χ4v) is 2.67. The Balaban J connectivity index is 1.75. The van der Waals surface area contributed by atoms with Gasteiger partial charge in [0.1, 0.15) is 5.82 Å². The Morgan fingerprint density at radius 1 is 1.26 bits per heavy atom. The summed E-state index contributed by atoms with van der Waals surface area (Å²) in [4.78, 5) is 15.6. The number of nitrogens with one attached hydrogen (secondary N) is 2. The van der Waals surface area contributed by atoms with Crippen LogP contribution in [0.1, 0.15) is 18.4 Å². The molecule has 3 rings (SSSR count). The summed E-state index contributed by atoms with van der Waals surface area (Å²) in [6, 6.07) is 6.99. The molecular formula is C16H16F3N3O. The van der Waals surface area contributed by atoms with E-state index in [1.165, 1.54) is 6.07 Å². The number of nitrogens with zero attached hydrogens (tertiary/aromatic N) is 1. The zero-order chi connectivity index (χ0) is 16.4. The van der Waals surface area contributed by atoms with E-state index in [9.17, 15) is 18.0 Å². The lowest BCUT2D eigenvalue weighted by molar-refractivity contribution is -0.137. The molecule has 1 aromatic heterocycles. The first-order chi connectivity index (χ1) is 10.9. The standard InChI is InChI=1S/C16H16F3N3O/c17-16(18,19)12-3-1-11-2-4-14(22-13(11)8-12)21-9-10-5-6-20-15(23)7-10/h1-4,8,10H,5-7,9H2,(H,20,23)(H,21,22). The Kier molecular flexibility index (Phi) is 4.11. The summed E-state index contributed by atoms with van der Waals surface area (Å²) in [5.74, 6) is 0.759. The summed E-state index contributed by atoms with van der Waals surface area (Å²) in [5, 5.41) is 6.53. The van der Waals surface area contributed by atoms with Crippen molar-refractivity contribution in [2.75, 3.05) is 18.4 Å². The van der Waals surface area contributed by atoms with Crippen LogP contribution >= 0.6 is 0 Å². The fourth-order valence-electron chi connectivity index (χ4n) is 2.67. The number of amides is 1. The monoisotopic (exact) mass is 323 g/mol. The van der Waals surface area contributed by atoms with Crippen molar-refractivity contribution in [2.45, 2.75) is 19.0 Å². The number of piperidine rings is 1. The number of fused-ring (bicyclic) bond motifs is 1. The van der Waals surface area contributed by atoms with Crippen molar-refractivity contribution in [2.24, 2.45) is 5.92 Å². The van der Waals surface area contributed by atoms with Crippen LogP contribution in [-0.4, -0.2) is 24.0 Å².